The SMILES string of the molecule is CCNC(=O)[C@@H](CC)N(Cc1cccc(C)c1)C(=O)CSCc1cccc(Cl)c1. The minimum absolute atomic E-state index is 0.0309. The Morgan fingerprint density at radius 3 is 2.48 bits per heavy atom. The summed E-state index contributed by atoms with van der Waals surface area (Å²) < 4.78 is 0. The van der Waals surface area contributed by atoms with Gasteiger partial charge in [0.2, 0.25) is 11.8 Å². The Morgan fingerprint density at radius 2 is 1.83 bits per heavy atom. The number of aryl methyl sites for hydroxylation is 1. The van der Waals surface area contributed by atoms with Crippen LogP contribution < -0.4 is 5.32 Å². The largest absolute Gasteiger partial charge is 0.355 e. The third-order valence-electron chi connectivity index (χ3n) is 4.56. The van der Waals surface area contributed by atoms with Crippen LogP contribution in [0.25, 0.3) is 0 Å². The van der Waals surface area contributed by atoms with Crippen LogP contribution in [0, 0.1) is 6.92 Å². The average Bonchev–Trinajstić information content (AvgIpc) is 2.68. The molecule has 0 fully saturated rings. The van der Waals surface area contributed by atoms with Gasteiger partial charge in [-0.2, -0.15) is 0 Å². The number of halogens is 1. The number of rotatable bonds is 10. The van der Waals surface area contributed by atoms with E-state index in [1.807, 2.05) is 63.2 Å². The molecule has 0 aliphatic rings. The first kappa shape index (κ1) is 23.3. The molecule has 2 aromatic rings. The molecular weight excluding hydrogens is 404 g/mol. The fraction of sp³-hybridized carbons (Fsp3) is 0.391. The van der Waals surface area contributed by atoms with Gasteiger partial charge in [-0.05, 0) is 43.5 Å². The highest BCUT2D eigenvalue weighted by Crippen LogP contribution is 2.19. The van der Waals surface area contributed by atoms with Crippen LogP contribution in [-0.2, 0) is 21.9 Å². The lowest BCUT2D eigenvalue weighted by atomic mass is 10.1. The number of nitrogens with zero attached hydrogens (tertiary/aromatic N) is 1. The average molecular weight is 433 g/mol. The maximum absolute atomic E-state index is 13.1. The van der Waals surface area contributed by atoms with Crippen molar-refractivity contribution in [3.05, 3.63) is 70.2 Å². The van der Waals surface area contributed by atoms with Crippen LogP contribution in [0.1, 0.15) is 37.0 Å². The van der Waals surface area contributed by atoms with Gasteiger partial charge in [0.05, 0.1) is 5.75 Å². The van der Waals surface area contributed by atoms with E-state index in [2.05, 4.69) is 11.4 Å². The molecule has 0 saturated carbocycles. The van der Waals surface area contributed by atoms with Gasteiger partial charge in [-0.3, -0.25) is 9.59 Å². The topological polar surface area (TPSA) is 49.4 Å². The van der Waals surface area contributed by atoms with Crippen molar-refractivity contribution in [2.24, 2.45) is 0 Å². The molecule has 0 aliphatic heterocycles. The van der Waals surface area contributed by atoms with Crippen LogP contribution in [0.5, 0.6) is 0 Å². The number of likely N-dealkylation sites (N-methyl/N-ethyl adjacent to an activating group) is 1. The van der Waals surface area contributed by atoms with Crippen molar-refractivity contribution in [1.82, 2.24) is 10.2 Å². The van der Waals surface area contributed by atoms with Crippen LogP contribution in [-0.4, -0.2) is 35.1 Å². The summed E-state index contributed by atoms with van der Waals surface area (Å²) in [7, 11) is 0. The normalized spacial score (nSPS) is 11.7. The Bertz CT molecular complexity index is 828. The lowest BCUT2D eigenvalue weighted by molar-refractivity contribution is -0.139. The minimum atomic E-state index is -0.477. The van der Waals surface area contributed by atoms with Gasteiger partial charge >= 0.3 is 0 Å². The highest BCUT2D eigenvalue weighted by Gasteiger charge is 2.28. The monoisotopic (exact) mass is 432 g/mol. The maximum Gasteiger partial charge on any atom is 0.242 e. The van der Waals surface area contributed by atoms with E-state index in [1.54, 1.807) is 4.90 Å². The number of carbonyl (C=O) groups is 2. The second-order valence-corrected chi connectivity index (χ2v) is 8.37. The molecule has 0 spiro atoms. The first-order valence-corrected chi connectivity index (χ1v) is 11.4. The molecule has 0 heterocycles. The summed E-state index contributed by atoms with van der Waals surface area (Å²) in [5.41, 5.74) is 3.24. The summed E-state index contributed by atoms with van der Waals surface area (Å²) in [5, 5.41) is 3.56. The molecule has 6 heteroatoms. The molecule has 1 atom stereocenters. The second-order valence-electron chi connectivity index (χ2n) is 6.95. The van der Waals surface area contributed by atoms with Crippen molar-refractivity contribution in [2.75, 3.05) is 12.3 Å². The van der Waals surface area contributed by atoms with Crippen molar-refractivity contribution >= 4 is 35.2 Å². The molecule has 0 aromatic heterocycles. The Labute approximate surface area is 183 Å². The van der Waals surface area contributed by atoms with Gasteiger partial charge in [0, 0.05) is 23.9 Å². The van der Waals surface area contributed by atoms with Crippen LogP contribution >= 0.6 is 23.4 Å². The molecule has 0 unspecified atom stereocenters. The molecule has 0 aliphatic carbocycles. The van der Waals surface area contributed by atoms with Crippen LogP contribution in [0.4, 0.5) is 0 Å². The van der Waals surface area contributed by atoms with E-state index in [9.17, 15) is 9.59 Å². The Balaban J connectivity index is 2.11. The molecule has 2 rings (SSSR count). The summed E-state index contributed by atoms with van der Waals surface area (Å²) in [6, 6.07) is 15.2. The van der Waals surface area contributed by atoms with Gasteiger partial charge in [0.1, 0.15) is 6.04 Å². The zero-order valence-electron chi connectivity index (χ0n) is 17.3. The molecular formula is C23H29ClN2O2S. The molecule has 29 heavy (non-hydrogen) atoms. The molecule has 0 bridgehead atoms. The molecule has 2 amide bonds. The van der Waals surface area contributed by atoms with E-state index in [4.69, 9.17) is 11.6 Å². The summed E-state index contributed by atoms with van der Waals surface area (Å²) >= 11 is 7.57. The zero-order chi connectivity index (χ0) is 21.2. The summed E-state index contributed by atoms with van der Waals surface area (Å²) in [4.78, 5) is 27.4. The van der Waals surface area contributed by atoms with Crippen molar-refractivity contribution in [3.63, 3.8) is 0 Å². The van der Waals surface area contributed by atoms with E-state index >= 15 is 0 Å². The Kier molecular flexibility index (Phi) is 9.55. The quantitative estimate of drug-likeness (QED) is 0.585. The van der Waals surface area contributed by atoms with E-state index in [1.165, 1.54) is 11.8 Å². The van der Waals surface area contributed by atoms with Gasteiger partial charge in [0.25, 0.3) is 0 Å². The summed E-state index contributed by atoms with van der Waals surface area (Å²) in [6.07, 6.45) is 0.572. The van der Waals surface area contributed by atoms with Crippen molar-refractivity contribution in [3.8, 4) is 0 Å². The molecule has 4 nitrogen and oxygen atoms in total. The number of thioether (sulfide) groups is 1. The summed E-state index contributed by atoms with van der Waals surface area (Å²) in [6.45, 7) is 6.82. The second kappa shape index (κ2) is 11.9. The molecule has 156 valence electrons. The van der Waals surface area contributed by atoms with E-state index in [0.29, 0.717) is 36.0 Å². The molecule has 1 N–H and O–H groups in total. The maximum atomic E-state index is 13.1. The number of hydrogen-bond acceptors (Lipinski definition) is 3. The summed E-state index contributed by atoms with van der Waals surface area (Å²) in [5.74, 6) is 0.879. The van der Waals surface area contributed by atoms with Gasteiger partial charge in [-0.25, -0.2) is 0 Å². The van der Waals surface area contributed by atoms with E-state index in [0.717, 1.165) is 16.7 Å². The third-order valence-corrected chi connectivity index (χ3v) is 5.78. The van der Waals surface area contributed by atoms with Gasteiger partial charge in [0.15, 0.2) is 0 Å². The first-order valence-electron chi connectivity index (χ1n) is 9.89. The minimum Gasteiger partial charge on any atom is -0.355 e. The van der Waals surface area contributed by atoms with Gasteiger partial charge < -0.3 is 10.2 Å². The molecule has 0 saturated heterocycles. The van der Waals surface area contributed by atoms with Gasteiger partial charge in [-0.15, -0.1) is 11.8 Å². The smallest absolute Gasteiger partial charge is 0.242 e. The highest BCUT2D eigenvalue weighted by molar-refractivity contribution is 7.99. The Morgan fingerprint density at radius 1 is 1.10 bits per heavy atom. The van der Waals surface area contributed by atoms with Crippen molar-refractivity contribution < 1.29 is 9.59 Å². The number of nitrogens with one attached hydrogen (secondary N) is 1. The standard InChI is InChI=1S/C23H29ClN2O2S/c1-4-21(23(28)25-5-2)26(14-18-9-6-8-17(3)12-18)22(27)16-29-15-19-10-7-11-20(24)13-19/h6-13,21H,4-5,14-16H2,1-3H3,(H,25,28)/t21-/m1/s1. The van der Waals surface area contributed by atoms with Crippen molar-refractivity contribution in [2.45, 2.75) is 45.5 Å². The van der Waals surface area contributed by atoms with Gasteiger partial charge in [-0.1, -0.05) is 60.5 Å². The highest BCUT2D eigenvalue weighted by atomic mass is 35.5. The molecule has 2 aromatic carbocycles. The predicted octanol–water partition coefficient (Wildman–Crippen LogP) is 4.83. The van der Waals surface area contributed by atoms with Crippen molar-refractivity contribution in [1.29, 1.82) is 0 Å². The third kappa shape index (κ3) is 7.41. The fourth-order valence-corrected chi connectivity index (χ4v) is 4.26. The number of hydrogen-bond donors (Lipinski definition) is 1. The lowest BCUT2D eigenvalue weighted by Crippen LogP contribution is -2.49. The fourth-order valence-electron chi connectivity index (χ4n) is 3.18. The van der Waals surface area contributed by atoms with Crippen LogP contribution in [0.2, 0.25) is 5.02 Å². The van der Waals surface area contributed by atoms with E-state index in [-0.39, 0.29) is 11.8 Å². The zero-order valence-corrected chi connectivity index (χ0v) is 18.9. The number of carbonyl (C=O) groups excluding carboxylic acids is 2. The number of amides is 2. The lowest BCUT2D eigenvalue weighted by Gasteiger charge is -2.30. The van der Waals surface area contributed by atoms with Crippen LogP contribution in [0.3, 0.4) is 0 Å². The Hall–Kier alpha value is -1.98. The first-order chi connectivity index (χ1) is 13.9. The predicted molar refractivity (Wildman–Crippen MR) is 122 cm³/mol. The number of benzene rings is 2. The molecule has 0 radical (unpaired) electrons. The van der Waals surface area contributed by atoms with Crippen LogP contribution in [0.15, 0.2) is 48.5 Å². The van der Waals surface area contributed by atoms with E-state index < -0.39 is 6.04 Å².